The molecule has 0 radical (unpaired) electrons. The van der Waals surface area contributed by atoms with Crippen molar-refractivity contribution < 1.29 is 4.79 Å². The van der Waals surface area contributed by atoms with Gasteiger partial charge >= 0.3 is 0 Å². The quantitative estimate of drug-likeness (QED) is 0.911. The molecule has 3 rings (SSSR count). The highest BCUT2D eigenvalue weighted by atomic mass is 16.1. The van der Waals surface area contributed by atoms with Gasteiger partial charge in [-0.1, -0.05) is 0 Å². The predicted molar refractivity (Wildman–Crippen MR) is 77.2 cm³/mol. The van der Waals surface area contributed by atoms with E-state index in [1.165, 1.54) is 12.0 Å². The SMILES string of the molecule is CC(C)n1cc(CN2C[C@H]3CCCC(=O)N[C@H]3C2)cn1. The topological polar surface area (TPSA) is 50.2 Å². The summed E-state index contributed by atoms with van der Waals surface area (Å²) in [6.45, 7) is 7.29. The van der Waals surface area contributed by atoms with E-state index in [2.05, 4.69) is 35.4 Å². The number of hydrogen-bond acceptors (Lipinski definition) is 3. The van der Waals surface area contributed by atoms with Crippen LogP contribution in [-0.2, 0) is 11.3 Å². The Morgan fingerprint density at radius 2 is 2.30 bits per heavy atom. The Bertz CT molecular complexity index is 482. The van der Waals surface area contributed by atoms with Crippen LogP contribution in [0.1, 0.15) is 44.7 Å². The summed E-state index contributed by atoms with van der Waals surface area (Å²) in [4.78, 5) is 14.1. The first kappa shape index (κ1) is 13.6. The molecule has 2 aliphatic heterocycles. The van der Waals surface area contributed by atoms with Gasteiger partial charge in [-0.15, -0.1) is 0 Å². The second kappa shape index (κ2) is 5.56. The van der Waals surface area contributed by atoms with E-state index >= 15 is 0 Å². The van der Waals surface area contributed by atoms with Gasteiger partial charge in [-0.2, -0.15) is 5.10 Å². The summed E-state index contributed by atoms with van der Waals surface area (Å²) in [5.41, 5.74) is 1.27. The Kier molecular flexibility index (Phi) is 3.78. The Hall–Kier alpha value is -1.36. The van der Waals surface area contributed by atoms with E-state index in [0.29, 0.717) is 24.4 Å². The molecule has 1 N–H and O–H groups in total. The first-order valence-electron chi connectivity index (χ1n) is 7.66. The summed E-state index contributed by atoms with van der Waals surface area (Å²) in [5.74, 6) is 0.855. The number of hydrogen-bond donors (Lipinski definition) is 1. The summed E-state index contributed by atoms with van der Waals surface area (Å²) < 4.78 is 2.01. The van der Waals surface area contributed by atoms with Gasteiger partial charge in [0.25, 0.3) is 0 Å². The van der Waals surface area contributed by atoms with E-state index in [-0.39, 0.29) is 5.91 Å². The number of carbonyl (C=O) groups excluding carboxylic acids is 1. The van der Waals surface area contributed by atoms with Crippen LogP contribution in [0, 0.1) is 5.92 Å². The minimum atomic E-state index is 0.229. The minimum Gasteiger partial charge on any atom is -0.352 e. The molecule has 0 aromatic carbocycles. The number of rotatable bonds is 3. The van der Waals surface area contributed by atoms with Crippen molar-refractivity contribution in [3.8, 4) is 0 Å². The van der Waals surface area contributed by atoms with Crippen molar-refractivity contribution in [2.45, 2.75) is 51.7 Å². The van der Waals surface area contributed by atoms with Gasteiger partial charge in [0, 0.05) is 49.9 Å². The molecule has 110 valence electrons. The van der Waals surface area contributed by atoms with Crippen LogP contribution in [0.5, 0.6) is 0 Å². The highest BCUT2D eigenvalue weighted by Crippen LogP contribution is 2.26. The molecule has 0 bridgehead atoms. The molecule has 0 aliphatic carbocycles. The second-order valence-corrected chi connectivity index (χ2v) is 6.44. The largest absolute Gasteiger partial charge is 0.352 e. The van der Waals surface area contributed by atoms with Crippen molar-refractivity contribution in [1.29, 1.82) is 0 Å². The average Bonchev–Trinajstić information content (AvgIpc) is 2.94. The van der Waals surface area contributed by atoms with Gasteiger partial charge in [-0.05, 0) is 32.6 Å². The van der Waals surface area contributed by atoms with Gasteiger partial charge < -0.3 is 5.32 Å². The summed E-state index contributed by atoms with van der Waals surface area (Å²) in [6.07, 6.45) is 7.01. The lowest BCUT2D eigenvalue weighted by Gasteiger charge is -2.15. The molecular weight excluding hydrogens is 252 g/mol. The molecule has 2 atom stereocenters. The lowest BCUT2D eigenvalue weighted by atomic mass is 9.99. The van der Waals surface area contributed by atoms with Crippen LogP contribution in [-0.4, -0.2) is 39.7 Å². The molecule has 1 aromatic heterocycles. The van der Waals surface area contributed by atoms with E-state index in [1.807, 2.05) is 10.9 Å². The first-order valence-corrected chi connectivity index (χ1v) is 7.66. The Morgan fingerprint density at radius 1 is 1.45 bits per heavy atom. The Labute approximate surface area is 120 Å². The molecule has 5 nitrogen and oxygen atoms in total. The highest BCUT2D eigenvalue weighted by molar-refractivity contribution is 5.76. The summed E-state index contributed by atoms with van der Waals surface area (Å²) in [7, 11) is 0. The zero-order valence-electron chi connectivity index (χ0n) is 12.4. The van der Waals surface area contributed by atoms with E-state index in [0.717, 1.165) is 26.1 Å². The Morgan fingerprint density at radius 3 is 3.05 bits per heavy atom. The van der Waals surface area contributed by atoms with Gasteiger partial charge in [-0.25, -0.2) is 0 Å². The standard InChI is InChI=1S/C15H24N4O/c1-11(2)19-8-12(6-16-19)7-18-9-13-4-3-5-15(20)17-14(13)10-18/h6,8,11,13-14H,3-5,7,9-10H2,1-2H3,(H,17,20)/t13-,14+/m1/s1. The zero-order chi connectivity index (χ0) is 14.1. The maximum absolute atomic E-state index is 11.6. The normalized spacial score (nSPS) is 27.4. The maximum Gasteiger partial charge on any atom is 0.220 e. The summed E-state index contributed by atoms with van der Waals surface area (Å²) in [5, 5.41) is 7.57. The molecule has 2 fully saturated rings. The van der Waals surface area contributed by atoms with Crippen molar-refractivity contribution in [3.63, 3.8) is 0 Å². The molecule has 0 unspecified atom stereocenters. The molecule has 5 heteroatoms. The number of likely N-dealkylation sites (tertiary alicyclic amines) is 1. The fraction of sp³-hybridized carbons (Fsp3) is 0.733. The number of aromatic nitrogens is 2. The van der Waals surface area contributed by atoms with Gasteiger partial charge in [0.05, 0.1) is 6.20 Å². The molecule has 0 saturated carbocycles. The lowest BCUT2D eigenvalue weighted by molar-refractivity contribution is -0.121. The summed E-state index contributed by atoms with van der Waals surface area (Å²) in [6, 6.07) is 0.762. The fourth-order valence-corrected chi connectivity index (χ4v) is 3.35. The monoisotopic (exact) mass is 276 g/mol. The maximum atomic E-state index is 11.6. The number of carbonyl (C=O) groups is 1. The molecule has 0 spiro atoms. The minimum absolute atomic E-state index is 0.229. The van der Waals surface area contributed by atoms with Crippen LogP contribution >= 0.6 is 0 Å². The van der Waals surface area contributed by atoms with Crippen LogP contribution in [0.25, 0.3) is 0 Å². The van der Waals surface area contributed by atoms with E-state index in [4.69, 9.17) is 0 Å². The average molecular weight is 276 g/mol. The van der Waals surface area contributed by atoms with Crippen molar-refractivity contribution in [2.75, 3.05) is 13.1 Å². The van der Waals surface area contributed by atoms with Crippen LogP contribution in [0.3, 0.4) is 0 Å². The van der Waals surface area contributed by atoms with Crippen LogP contribution in [0.4, 0.5) is 0 Å². The number of nitrogens with one attached hydrogen (secondary N) is 1. The number of nitrogens with zero attached hydrogens (tertiary/aromatic N) is 3. The molecule has 1 aromatic rings. The van der Waals surface area contributed by atoms with Gasteiger partial charge in [0.15, 0.2) is 0 Å². The van der Waals surface area contributed by atoms with Gasteiger partial charge in [-0.3, -0.25) is 14.4 Å². The smallest absolute Gasteiger partial charge is 0.220 e. The van der Waals surface area contributed by atoms with Crippen LogP contribution in [0.2, 0.25) is 0 Å². The van der Waals surface area contributed by atoms with Crippen molar-refractivity contribution in [2.24, 2.45) is 5.92 Å². The van der Waals surface area contributed by atoms with Crippen molar-refractivity contribution in [1.82, 2.24) is 20.0 Å². The molecular formula is C15H24N4O. The summed E-state index contributed by atoms with van der Waals surface area (Å²) >= 11 is 0. The first-order chi connectivity index (χ1) is 9.61. The highest BCUT2D eigenvalue weighted by Gasteiger charge is 2.35. The molecule has 20 heavy (non-hydrogen) atoms. The van der Waals surface area contributed by atoms with Gasteiger partial charge in [0.1, 0.15) is 0 Å². The molecule has 3 heterocycles. The fourth-order valence-electron chi connectivity index (χ4n) is 3.35. The predicted octanol–water partition coefficient (Wildman–Crippen LogP) is 1.56. The van der Waals surface area contributed by atoms with Crippen LogP contribution < -0.4 is 5.32 Å². The van der Waals surface area contributed by atoms with E-state index in [1.54, 1.807) is 0 Å². The third-order valence-electron chi connectivity index (χ3n) is 4.43. The molecule has 1 amide bonds. The van der Waals surface area contributed by atoms with Crippen molar-refractivity contribution in [3.05, 3.63) is 18.0 Å². The third-order valence-corrected chi connectivity index (χ3v) is 4.43. The Balaban J connectivity index is 1.60. The van der Waals surface area contributed by atoms with E-state index in [9.17, 15) is 4.79 Å². The third kappa shape index (κ3) is 2.87. The molecule has 2 saturated heterocycles. The second-order valence-electron chi connectivity index (χ2n) is 6.44. The molecule has 2 aliphatic rings. The van der Waals surface area contributed by atoms with Crippen LogP contribution in [0.15, 0.2) is 12.4 Å². The van der Waals surface area contributed by atoms with Crippen molar-refractivity contribution >= 4 is 5.91 Å². The lowest BCUT2D eigenvalue weighted by Crippen LogP contribution is -2.38. The zero-order valence-corrected chi connectivity index (χ0v) is 12.4. The van der Waals surface area contributed by atoms with E-state index < -0.39 is 0 Å². The number of amides is 1. The van der Waals surface area contributed by atoms with Gasteiger partial charge in [0.2, 0.25) is 5.91 Å². The number of fused-ring (bicyclic) bond motifs is 1.